The second-order valence-corrected chi connectivity index (χ2v) is 11.1. The molecule has 0 aliphatic carbocycles. The predicted molar refractivity (Wildman–Crippen MR) is 124 cm³/mol. The number of aromatic nitrogens is 2. The molecule has 33 heavy (non-hydrogen) atoms. The van der Waals surface area contributed by atoms with Gasteiger partial charge in [-0.25, -0.2) is 8.42 Å². The van der Waals surface area contributed by atoms with Crippen molar-refractivity contribution >= 4 is 15.9 Å². The van der Waals surface area contributed by atoms with Gasteiger partial charge < -0.3 is 9.42 Å². The van der Waals surface area contributed by atoms with Crippen molar-refractivity contribution in [3.63, 3.8) is 0 Å². The molecule has 2 heterocycles. The molecule has 4 rings (SSSR count). The minimum absolute atomic E-state index is 0.0447. The molecule has 9 heteroatoms. The van der Waals surface area contributed by atoms with E-state index in [0.717, 1.165) is 11.1 Å². The maximum Gasteiger partial charge on any atom is 0.253 e. The van der Waals surface area contributed by atoms with Crippen molar-refractivity contribution in [2.24, 2.45) is 0 Å². The lowest BCUT2D eigenvalue weighted by Gasteiger charge is -2.34. The van der Waals surface area contributed by atoms with E-state index >= 15 is 0 Å². The SMILES string of the molecule is Cc1nc(-c2ccc(C(=O)N3CCN(S(=O)(=O)c4ccc(C(C)(C)C)cc4)CC3)cc2)no1. The van der Waals surface area contributed by atoms with Crippen LogP contribution in [0.3, 0.4) is 0 Å². The van der Waals surface area contributed by atoms with E-state index < -0.39 is 10.0 Å². The molecule has 0 unspecified atom stereocenters. The summed E-state index contributed by atoms with van der Waals surface area (Å²) in [5, 5.41) is 3.88. The summed E-state index contributed by atoms with van der Waals surface area (Å²) in [6.07, 6.45) is 0. The number of nitrogens with zero attached hydrogens (tertiary/aromatic N) is 4. The monoisotopic (exact) mass is 468 g/mol. The van der Waals surface area contributed by atoms with Gasteiger partial charge in [0.15, 0.2) is 0 Å². The zero-order valence-electron chi connectivity index (χ0n) is 19.3. The van der Waals surface area contributed by atoms with Gasteiger partial charge in [-0.05, 0) is 35.2 Å². The lowest BCUT2D eigenvalue weighted by atomic mass is 9.87. The second kappa shape index (κ2) is 8.72. The van der Waals surface area contributed by atoms with E-state index in [2.05, 4.69) is 30.9 Å². The number of hydrogen-bond donors (Lipinski definition) is 0. The summed E-state index contributed by atoms with van der Waals surface area (Å²) in [7, 11) is -3.60. The van der Waals surface area contributed by atoms with Gasteiger partial charge in [0.05, 0.1) is 4.90 Å². The first kappa shape index (κ1) is 23.1. The summed E-state index contributed by atoms with van der Waals surface area (Å²) in [4.78, 5) is 19.1. The molecule has 1 fully saturated rings. The summed E-state index contributed by atoms with van der Waals surface area (Å²) in [5.41, 5.74) is 2.33. The smallest absolute Gasteiger partial charge is 0.253 e. The molecule has 1 aliphatic rings. The van der Waals surface area contributed by atoms with Crippen molar-refractivity contribution in [2.75, 3.05) is 26.2 Å². The molecule has 0 saturated carbocycles. The second-order valence-electron chi connectivity index (χ2n) is 9.19. The van der Waals surface area contributed by atoms with Crippen molar-refractivity contribution in [1.29, 1.82) is 0 Å². The summed E-state index contributed by atoms with van der Waals surface area (Å²) in [6, 6.07) is 14.1. The summed E-state index contributed by atoms with van der Waals surface area (Å²) < 4.78 is 32.6. The summed E-state index contributed by atoms with van der Waals surface area (Å²) in [5.74, 6) is 0.821. The molecule has 0 radical (unpaired) electrons. The maximum absolute atomic E-state index is 13.1. The van der Waals surface area contributed by atoms with Gasteiger partial charge in [-0.3, -0.25) is 4.79 Å². The zero-order chi connectivity index (χ0) is 23.8. The third kappa shape index (κ3) is 4.84. The summed E-state index contributed by atoms with van der Waals surface area (Å²) >= 11 is 0. The van der Waals surface area contributed by atoms with Crippen LogP contribution in [0, 0.1) is 6.92 Å². The number of rotatable bonds is 4. The highest BCUT2D eigenvalue weighted by atomic mass is 32.2. The molecule has 0 spiro atoms. The lowest BCUT2D eigenvalue weighted by molar-refractivity contribution is 0.0698. The third-order valence-corrected chi connectivity index (χ3v) is 7.71. The number of carbonyl (C=O) groups excluding carboxylic acids is 1. The third-order valence-electron chi connectivity index (χ3n) is 5.80. The van der Waals surface area contributed by atoms with E-state index in [4.69, 9.17) is 4.52 Å². The molecule has 1 aliphatic heterocycles. The molecule has 3 aromatic rings. The van der Waals surface area contributed by atoms with Crippen molar-refractivity contribution < 1.29 is 17.7 Å². The number of aryl methyl sites for hydroxylation is 1. The predicted octanol–water partition coefficient (Wildman–Crippen LogP) is 3.49. The number of benzene rings is 2. The zero-order valence-corrected chi connectivity index (χ0v) is 20.1. The Morgan fingerprint density at radius 1 is 0.939 bits per heavy atom. The molecule has 1 aromatic heterocycles. The van der Waals surface area contributed by atoms with Crippen LogP contribution in [-0.2, 0) is 15.4 Å². The molecule has 0 bridgehead atoms. The fourth-order valence-corrected chi connectivity index (χ4v) is 5.19. The number of carbonyl (C=O) groups is 1. The van der Waals surface area contributed by atoms with Crippen LogP contribution in [0.15, 0.2) is 57.9 Å². The molecule has 8 nitrogen and oxygen atoms in total. The Labute approximate surface area is 194 Å². The first-order chi connectivity index (χ1) is 15.6. The van der Waals surface area contributed by atoms with Crippen molar-refractivity contribution in [3.05, 3.63) is 65.5 Å². The first-order valence-electron chi connectivity index (χ1n) is 10.9. The van der Waals surface area contributed by atoms with E-state index in [1.165, 1.54) is 4.31 Å². The van der Waals surface area contributed by atoms with Crippen LogP contribution < -0.4 is 0 Å². The van der Waals surface area contributed by atoms with E-state index in [-0.39, 0.29) is 29.3 Å². The Balaban J connectivity index is 1.40. The standard InChI is InChI=1S/C24H28N4O4S/c1-17-25-22(26-32-17)18-5-7-19(8-6-18)23(29)27-13-15-28(16-14-27)33(30,31)21-11-9-20(10-12-21)24(2,3)4/h5-12H,13-16H2,1-4H3. The molecular formula is C24H28N4O4S. The fraction of sp³-hybridized carbons (Fsp3) is 0.375. The van der Waals surface area contributed by atoms with Gasteiger partial charge in [-0.2, -0.15) is 9.29 Å². The van der Waals surface area contributed by atoms with E-state index in [1.807, 2.05) is 12.1 Å². The van der Waals surface area contributed by atoms with Gasteiger partial charge in [0.2, 0.25) is 21.7 Å². The highest BCUT2D eigenvalue weighted by Crippen LogP contribution is 2.25. The molecule has 1 saturated heterocycles. The number of sulfonamides is 1. The van der Waals surface area contributed by atoms with Gasteiger partial charge >= 0.3 is 0 Å². The quantitative estimate of drug-likeness (QED) is 0.582. The Bertz CT molecular complexity index is 1230. The lowest BCUT2D eigenvalue weighted by Crippen LogP contribution is -2.50. The van der Waals surface area contributed by atoms with Crippen molar-refractivity contribution in [1.82, 2.24) is 19.3 Å². The van der Waals surface area contributed by atoms with Crippen LogP contribution in [0.5, 0.6) is 0 Å². The summed E-state index contributed by atoms with van der Waals surface area (Å²) in [6.45, 7) is 9.18. The molecule has 1 amide bonds. The van der Waals surface area contributed by atoms with Gasteiger partial charge in [-0.15, -0.1) is 0 Å². The van der Waals surface area contributed by atoms with Crippen LogP contribution in [0.25, 0.3) is 11.4 Å². The topological polar surface area (TPSA) is 96.6 Å². The Morgan fingerprint density at radius 3 is 2.06 bits per heavy atom. The van der Waals surface area contributed by atoms with Gasteiger partial charge in [0.1, 0.15) is 0 Å². The van der Waals surface area contributed by atoms with Gasteiger partial charge in [-0.1, -0.05) is 50.2 Å². The normalized spacial score (nSPS) is 15.6. The van der Waals surface area contributed by atoms with E-state index in [1.54, 1.807) is 48.2 Å². The molecule has 174 valence electrons. The minimum atomic E-state index is -3.60. The molecular weight excluding hydrogens is 440 g/mol. The van der Waals surface area contributed by atoms with Gasteiger partial charge in [0, 0.05) is 44.2 Å². The van der Waals surface area contributed by atoms with Crippen molar-refractivity contribution in [3.8, 4) is 11.4 Å². The van der Waals surface area contributed by atoms with Crippen LogP contribution in [0.2, 0.25) is 0 Å². The maximum atomic E-state index is 13.1. The highest BCUT2D eigenvalue weighted by Gasteiger charge is 2.30. The van der Waals surface area contributed by atoms with Crippen LogP contribution in [0.1, 0.15) is 42.6 Å². The number of amides is 1. The largest absolute Gasteiger partial charge is 0.339 e. The Hall–Kier alpha value is -3.04. The minimum Gasteiger partial charge on any atom is -0.339 e. The van der Waals surface area contributed by atoms with Gasteiger partial charge in [0.25, 0.3) is 5.91 Å². The Kier molecular flexibility index (Phi) is 6.11. The number of piperazine rings is 1. The average Bonchev–Trinajstić information content (AvgIpc) is 3.24. The molecule has 0 atom stereocenters. The highest BCUT2D eigenvalue weighted by molar-refractivity contribution is 7.89. The van der Waals surface area contributed by atoms with Crippen LogP contribution >= 0.6 is 0 Å². The molecule has 2 aromatic carbocycles. The average molecular weight is 469 g/mol. The van der Waals surface area contributed by atoms with Crippen LogP contribution in [-0.4, -0.2) is 59.8 Å². The number of hydrogen-bond acceptors (Lipinski definition) is 6. The first-order valence-corrected chi connectivity index (χ1v) is 12.3. The van der Waals surface area contributed by atoms with E-state index in [9.17, 15) is 13.2 Å². The Morgan fingerprint density at radius 2 is 1.55 bits per heavy atom. The van der Waals surface area contributed by atoms with E-state index in [0.29, 0.717) is 30.4 Å². The molecule has 0 N–H and O–H groups in total. The van der Waals surface area contributed by atoms with Crippen molar-refractivity contribution in [2.45, 2.75) is 38.0 Å². The van der Waals surface area contributed by atoms with Crippen LogP contribution in [0.4, 0.5) is 0 Å². The fourth-order valence-electron chi connectivity index (χ4n) is 3.77.